The van der Waals surface area contributed by atoms with E-state index in [0.717, 1.165) is 41.3 Å². The van der Waals surface area contributed by atoms with E-state index in [1.54, 1.807) is 6.08 Å². The van der Waals surface area contributed by atoms with E-state index in [1.165, 1.54) is 17.4 Å². The Hall–Kier alpha value is -3.03. The molecular formula is C22H21N3O3S. The lowest BCUT2D eigenvalue weighted by atomic mass is 10.2. The first-order valence-electron chi connectivity index (χ1n) is 9.47. The van der Waals surface area contributed by atoms with E-state index in [0.29, 0.717) is 11.7 Å². The maximum atomic E-state index is 12.2. The molecule has 148 valence electrons. The third-order valence-corrected chi connectivity index (χ3v) is 5.34. The Labute approximate surface area is 173 Å². The van der Waals surface area contributed by atoms with Gasteiger partial charge in [0, 0.05) is 12.7 Å². The van der Waals surface area contributed by atoms with Gasteiger partial charge >= 0.3 is 0 Å². The summed E-state index contributed by atoms with van der Waals surface area (Å²) < 4.78 is 11.4. The molecule has 0 saturated carbocycles. The minimum Gasteiger partial charge on any atom is -0.489 e. The van der Waals surface area contributed by atoms with E-state index in [2.05, 4.69) is 15.5 Å². The highest BCUT2D eigenvalue weighted by molar-refractivity contribution is 7.15. The highest BCUT2D eigenvalue weighted by Gasteiger charge is 2.22. The summed E-state index contributed by atoms with van der Waals surface area (Å²) in [5.41, 5.74) is 1.98. The normalized spacial score (nSPS) is 16.2. The highest BCUT2D eigenvalue weighted by atomic mass is 32.1. The van der Waals surface area contributed by atoms with Gasteiger partial charge in [0.15, 0.2) is 0 Å². The van der Waals surface area contributed by atoms with Crippen LogP contribution < -0.4 is 10.1 Å². The lowest BCUT2D eigenvalue weighted by molar-refractivity contribution is -0.111. The minimum absolute atomic E-state index is 0.00678. The van der Waals surface area contributed by atoms with Crippen LogP contribution in [0.1, 0.15) is 35.1 Å². The number of carbonyl (C=O) groups is 1. The molecule has 1 aromatic heterocycles. The Balaban J connectivity index is 1.32. The van der Waals surface area contributed by atoms with Crippen molar-refractivity contribution in [1.29, 1.82) is 0 Å². The molecule has 29 heavy (non-hydrogen) atoms. The van der Waals surface area contributed by atoms with Gasteiger partial charge in [0.2, 0.25) is 11.0 Å². The zero-order valence-corrected chi connectivity index (χ0v) is 16.6. The smallest absolute Gasteiger partial charge is 0.250 e. The third-order valence-electron chi connectivity index (χ3n) is 4.41. The second-order valence-electron chi connectivity index (χ2n) is 6.62. The summed E-state index contributed by atoms with van der Waals surface area (Å²) in [6.45, 7) is 1.25. The fraction of sp³-hybridized carbons (Fsp3) is 0.227. The molecule has 1 unspecified atom stereocenters. The average Bonchev–Trinajstić information content (AvgIpc) is 3.44. The summed E-state index contributed by atoms with van der Waals surface area (Å²) in [4.78, 5) is 12.2. The molecule has 6 nitrogen and oxygen atoms in total. The van der Waals surface area contributed by atoms with Gasteiger partial charge in [0.25, 0.3) is 0 Å². The van der Waals surface area contributed by atoms with Gasteiger partial charge in [-0.15, -0.1) is 10.2 Å². The van der Waals surface area contributed by atoms with E-state index < -0.39 is 0 Å². The number of nitrogens with one attached hydrogen (secondary N) is 1. The molecule has 1 amide bonds. The number of carbonyl (C=O) groups excluding carboxylic acids is 1. The van der Waals surface area contributed by atoms with E-state index in [4.69, 9.17) is 9.47 Å². The first-order valence-corrected chi connectivity index (χ1v) is 10.3. The van der Waals surface area contributed by atoms with Crippen LogP contribution in [0.5, 0.6) is 5.75 Å². The highest BCUT2D eigenvalue weighted by Crippen LogP contribution is 2.31. The van der Waals surface area contributed by atoms with Crippen LogP contribution in [0.25, 0.3) is 6.08 Å². The molecule has 1 aliphatic heterocycles. The van der Waals surface area contributed by atoms with Crippen molar-refractivity contribution in [3.05, 3.63) is 76.8 Å². The van der Waals surface area contributed by atoms with Gasteiger partial charge in [0.05, 0.1) is 0 Å². The summed E-state index contributed by atoms with van der Waals surface area (Å²) in [5, 5.41) is 12.2. The minimum atomic E-state index is -0.254. The third kappa shape index (κ3) is 5.49. The zero-order chi connectivity index (χ0) is 19.9. The maximum Gasteiger partial charge on any atom is 0.250 e. The number of hydrogen-bond donors (Lipinski definition) is 1. The molecule has 1 saturated heterocycles. The second-order valence-corrected chi connectivity index (χ2v) is 7.63. The lowest BCUT2D eigenvalue weighted by Gasteiger charge is -2.06. The van der Waals surface area contributed by atoms with Gasteiger partial charge in [0.1, 0.15) is 23.5 Å². The number of hydrogen-bond acceptors (Lipinski definition) is 6. The lowest BCUT2D eigenvalue weighted by Crippen LogP contribution is -2.07. The van der Waals surface area contributed by atoms with Crippen molar-refractivity contribution in [1.82, 2.24) is 10.2 Å². The average molecular weight is 407 g/mol. The summed E-state index contributed by atoms with van der Waals surface area (Å²) in [6.07, 6.45) is 5.21. The summed E-state index contributed by atoms with van der Waals surface area (Å²) in [7, 11) is 0. The largest absolute Gasteiger partial charge is 0.489 e. The number of aromatic nitrogens is 2. The molecule has 0 spiro atoms. The Morgan fingerprint density at radius 3 is 2.93 bits per heavy atom. The van der Waals surface area contributed by atoms with Crippen LogP contribution in [0.2, 0.25) is 0 Å². The number of rotatable bonds is 7. The van der Waals surface area contributed by atoms with Crippen LogP contribution in [-0.4, -0.2) is 22.7 Å². The fourth-order valence-electron chi connectivity index (χ4n) is 2.96. The molecule has 0 radical (unpaired) electrons. The quantitative estimate of drug-likeness (QED) is 0.579. The zero-order valence-electron chi connectivity index (χ0n) is 15.8. The van der Waals surface area contributed by atoms with Crippen molar-refractivity contribution in [2.45, 2.75) is 25.6 Å². The molecule has 2 aromatic carbocycles. The maximum absolute atomic E-state index is 12.2. The Kier molecular flexibility index (Phi) is 6.29. The second kappa shape index (κ2) is 9.45. The molecule has 7 heteroatoms. The molecule has 1 aliphatic rings. The predicted molar refractivity (Wildman–Crippen MR) is 113 cm³/mol. The van der Waals surface area contributed by atoms with E-state index >= 15 is 0 Å². The number of nitrogens with zero attached hydrogens (tertiary/aromatic N) is 2. The molecule has 1 atom stereocenters. The topological polar surface area (TPSA) is 73.3 Å². The van der Waals surface area contributed by atoms with Crippen molar-refractivity contribution in [3.8, 4) is 5.75 Å². The van der Waals surface area contributed by atoms with Crippen LogP contribution in [0.4, 0.5) is 5.13 Å². The number of amides is 1. The summed E-state index contributed by atoms with van der Waals surface area (Å²) in [5.74, 6) is 0.498. The molecule has 3 aromatic rings. The summed E-state index contributed by atoms with van der Waals surface area (Å²) >= 11 is 1.35. The summed E-state index contributed by atoms with van der Waals surface area (Å²) in [6, 6.07) is 17.6. The van der Waals surface area contributed by atoms with Gasteiger partial charge in [-0.2, -0.15) is 0 Å². The molecule has 4 rings (SSSR count). The van der Waals surface area contributed by atoms with Gasteiger partial charge in [-0.05, 0) is 42.2 Å². The van der Waals surface area contributed by atoms with E-state index in [-0.39, 0.29) is 12.0 Å². The first-order chi connectivity index (χ1) is 14.3. The Morgan fingerprint density at radius 2 is 2.10 bits per heavy atom. The number of ether oxygens (including phenoxy) is 2. The standard InChI is InChI=1S/C22H21N3O3S/c26-20(23-22-25-24-21(29-22)19-10-5-13-27-19)12-11-16-8-4-9-18(14-16)28-15-17-6-2-1-3-7-17/h1-4,6-9,11-12,14,19H,5,10,13,15H2,(H,23,25,26)/b12-11+. The molecule has 1 N–H and O–H groups in total. The molecule has 2 heterocycles. The SMILES string of the molecule is O=C(/C=C/c1cccc(OCc2ccccc2)c1)Nc1nnc(C2CCCO2)s1. The van der Waals surface area contributed by atoms with Gasteiger partial charge < -0.3 is 9.47 Å². The van der Waals surface area contributed by atoms with E-state index in [9.17, 15) is 4.79 Å². The van der Waals surface area contributed by atoms with Crippen molar-refractivity contribution >= 4 is 28.5 Å². The van der Waals surface area contributed by atoms with Gasteiger partial charge in [-0.3, -0.25) is 10.1 Å². The monoisotopic (exact) mass is 407 g/mol. The Morgan fingerprint density at radius 1 is 1.21 bits per heavy atom. The fourth-order valence-corrected chi connectivity index (χ4v) is 3.79. The Bertz CT molecular complexity index is 982. The first kappa shape index (κ1) is 19.3. The molecule has 0 aliphatic carbocycles. The van der Waals surface area contributed by atoms with Crippen molar-refractivity contribution in [3.63, 3.8) is 0 Å². The predicted octanol–water partition coefficient (Wildman–Crippen LogP) is 4.62. The van der Waals surface area contributed by atoms with Gasteiger partial charge in [-0.25, -0.2) is 0 Å². The molecular weight excluding hydrogens is 386 g/mol. The van der Waals surface area contributed by atoms with Crippen LogP contribution >= 0.6 is 11.3 Å². The van der Waals surface area contributed by atoms with Crippen molar-refractivity contribution in [2.75, 3.05) is 11.9 Å². The van der Waals surface area contributed by atoms with Gasteiger partial charge in [-0.1, -0.05) is 53.8 Å². The van der Waals surface area contributed by atoms with Crippen molar-refractivity contribution < 1.29 is 14.3 Å². The number of anilines is 1. The molecule has 0 bridgehead atoms. The van der Waals surface area contributed by atoms with Crippen LogP contribution in [0.15, 0.2) is 60.7 Å². The van der Waals surface area contributed by atoms with Crippen molar-refractivity contribution in [2.24, 2.45) is 0 Å². The van der Waals surface area contributed by atoms with E-state index in [1.807, 2.05) is 54.6 Å². The number of benzene rings is 2. The van der Waals surface area contributed by atoms with Crippen LogP contribution in [0, 0.1) is 0 Å². The molecule has 1 fully saturated rings. The van der Waals surface area contributed by atoms with Crippen LogP contribution in [-0.2, 0) is 16.1 Å². The van der Waals surface area contributed by atoms with Crippen LogP contribution in [0.3, 0.4) is 0 Å².